The van der Waals surface area contributed by atoms with E-state index in [1.54, 1.807) is 0 Å². The molecule has 6 heteroatoms. The predicted molar refractivity (Wildman–Crippen MR) is 44.6 cm³/mol. The standard InChI is InChI=1S/C8H14O6/c1-12-3-4(13-2)7-5(9)6(10)8(11)14-7/h4-7,9-10H,3H2,1-2H3/t4?,5?,6?,7-/m1/s1. The maximum absolute atomic E-state index is 10.9. The van der Waals surface area contributed by atoms with Gasteiger partial charge in [-0.3, -0.25) is 0 Å². The minimum Gasteiger partial charge on any atom is -0.455 e. The number of carbonyl (C=O) groups is 1. The van der Waals surface area contributed by atoms with Crippen molar-refractivity contribution in [1.82, 2.24) is 0 Å². The fraction of sp³-hybridized carbons (Fsp3) is 0.875. The van der Waals surface area contributed by atoms with E-state index in [1.807, 2.05) is 0 Å². The van der Waals surface area contributed by atoms with Crippen LogP contribution in [0.1, 0.15) is 0 Å². The van der Waals surface area contributed by atoms with Crippen LogP contribution in [0.15, 0.2) is 0 Å². The molecule has 2 N–H and O–H groups in total. The van der Waals surface area contributed by atoms with Crippen molar-refractivity contribution in [1.29, 1.82) is 0 Å². The van der Waals surface area contributed by atoms with Crippen LogP contribution in [0.4, 0.5) is 0 Å². The third-order valence-corrected chi connectivity index (χ3v) is 2.15. The summed E-state index contributed by atoms with van der Waals surface area (Å²) in [4.78, 5) is 10.9. The van der Waals surface area contributed by atoms with Gasteiger partial charge in [0.15, 0.2) is 12.2 Å². The van der Waals surface area contributed by atoms with E-state index in [2.05, 4.69) is 0 Å². The Morgan fingerprint density at radius 2 is 2.14 bits per heavy atom. The highest BCUT2D eigenvalue weighted by molar-refractivity contribution is 5.77. The van der Waals surface area contributed by atoms with E-state index in [9.17, 15) is 9.90 Å². The average molecular weight is 206 g/mol. The summed E-state index contributed by atoms with van der Waals surface area (Å²) in [7, 11) is 2.88. The van der Waals surface area contributed by atoms with E-state index in [0.29, 0.717) is 0 Å². The van der Waals surface area contributed by atoms with Gasteiger partial charge < -0.3 is 24.4 Å². The van der Waals surface area contributed by atoms with Crippen LogP contribution in [0.25, 0.3) is 0 Å². The van der Waals surface area contributed by atoms with E-state index in [-0.39, 0.29) is 6.61 Å². The molecule has 0 aromatic heterocycles. The van der Waals surface area contributed by atoms with Gasteiger partial charge >= 0.3 is 5.97 Å². The van der Waals surface area contributed by atoms with Crippen LogP contribution in [0.3, 0.4) is 0 Å². The normalized spacial score (nSPS) is 34.3. The van der Waals surface area contributed by atoms with E-state index >= 15 is 0 Å². The summed E-state index contributed by atoms with van der Waals surface area (Å²) in [6, 6.07) is 0. The van der Waals surface area contributed by atoms with Crippen LogP contribution in [-0.2, 0) is 19.0 Å². The van der Waals surface area contributed by atoms with Gasteiger partial charge in [0, 0.05) is 14.2 Å². The summed E-state index contributed by atoms with van der Waals surface area (Å²) in [6.07, 6.45) is -4.20. The number of cyclic esters (lactones) is 1. The zero-order valence-electron chi connectivity index (χ0n) is 8.04. The molecule has 1 rings (SSSR count). The van der Waals surface area contributed by atoms with Crippen LogP contribution >= 0.6 is 0 Å². The van der Waals surface area contributed by atoms with E-state index in [1.165, 1.54) is 14.2 Å². The quantitative estimate of drug-likeness (QED) is 0.533. The molecule has 6 nitrogen and oxygen atoms in total. The predicted octanol–water partition coefficient (Wildman–Crippen LogP) is -1.70. The van der Waals surface area contributed by atoms with E-state index in [0.717, 1.165) is 0 Å². The molecule has 0 bridgehead atoms. The molecular weight excluding hydrogens is 192 g/mol. The first-order valence-electron chi connectivity index (χ1n) is 4.20. The summed E-state index contributed by atoms with van der Waals surface area (Å²) in [5.41, 5.74) is 0. The molecule has 1 saturated heterocycles. The van der Waals surface area contributed by atoms with E-state index < -0.39 is 30.4 Å². The number of hydrogen-bond donors (Lipinski definition) is 2. The smallest absolute Gasteiger partial charge is 0.338 e. The minimum atomic E-state index is -1.49. The first-order chi connectivity index (χ1) is 6.61. The van der Waals surface area contributed by atoms with Crippen molar-refractivity contribution in [3.63, 3.8) is 0 Å². The molecule has 82 valence electrons. The second-order valence-electron chi connectivity index (χ2n) is 3.07. The Hall–Kier alpha value is -0.690. The van der Waals surface area contributed by atoms with Gasteiger partial charge in [-0.2, -0.15) is 0 Å². The maximum Gasteiger partial charge on any atom is 0.338 e. The Kier molecular flexibility index (Phi) is 3.82. The van der Waals surface area contributed by atoms with Crippen LogP contribution in [-0.4, -0.2) is 61.4 Å². The summed E-state index contributed by atoms with van der Waals surface area (Å²) >= 11 is 0. The molecule has 4 atom stereocenters. The van der Waals surface area contributed by atoms with Gasteiger partial charge in [0.25, 0.3) is 0 Å². The summed E-state index contributed by atoms with van der Waals surface area (Å²) in [5, 5.41) is 18.6. The molecule has 1 fully saturated rings. The van der Waals surface area contributed by atoms with Crippen molar-refractivity contribution in [3.8, 4) is 0 Å². The number of carbonyl (C=O) groups excluding carboxylic acids is 1. The number of ether oxygens (including phenoxy) is 3. The Morgan fingerprint density at radius 3 is 2.50 bits per heavy atom. The Labute approximate surface area is 81.4 Å². The molecule has 1 aliphatic rings. The van der Waals surface area contributed by atoms with Crippen molar-refractivity contribution in [2.24, 2.45) is 0 Å². The lowest BCUT2D eigenvalue weighted by Gasteiger charge is -2.22. The first kappa shape index (κ1) is 11.4. The second kappa shape index (κ2) is 4.70. The molecule has 0 aromatic rings. The Bertz CT molecular complexity index is 206. The van der Waals surface area contributed by atoms with Crippen molar-refractivity contribution >= 4 is 5.97 Å². The first-order valence-corrected chi connectivity index (χ1v) is 4.20. The highest BCUT2D eigenvalue weighted by atomic mass is 16.6. The molecule has 14 heavy (non-hydrogen) atoms. The second-order valence-corrected chi connectivity index (χ2v) is 3.07. The van der Waals surface area contributed by atoms with Crippen LogP contribution in [0.5, 0.6) is 0 Å². The third-order valence-electron chi connectivity index (χ3n) is 2.15. The lowest BCUT2D eigenvalue weighted by Crippen LogP contribution is -2.41. The Balaban J connectivity index is 2.63. The molecule has 1 aliphatic heterocycles. The zero-order valence-corrected chi connectivity index (χ0v) is 8.04. The molecule has 1 heterocycles. The summed E-state index contributed by atoms with van der Waals surface area (Å²) in [5.74, 6) is -0.833. The topological polar surface area (TPSA) is 85.2 Å². The molecule has 0 aromatic carbocycles. The molecule has 0 radical (unpaired) electrons. The van der Waals surface area contributed by atoms with Gasteiger partial charge in [0.05, 0.1) is 6.61 Å². The zero-order chi connectivity index (χ0) is 10.7. The number of rotatable bonds is 4. The Morgan fingerprint density at radius 1 is 1.50 bits per heavy atom. The number of aliphatic hydroxyl groups excluding tert-OH is 2. The highest BCUT2D eigenvalue weighted by Crippen LogP contribution is 2.20. The molecule has 3 unspecified atom stereocenters. The van der Waals surface area contributed by atoms with Gasteiger partial charge in [-0.15, -0.1) is 0 Å². The van der Waals surface area contributed by atoms with Crippen molar-refractivity contribution in [2.75, 3.05) is 20.8 Å². The van der Waals surface area contributed by atoms with Crippen LogP contribution in [0.2, 0.25) is 0 Å². The lowest BCUT2D eigenvalue weighted by molar-refractivity contribution is -0.153. The van der Waals surface area contributed by atoms with Crippen LogP contribution < -0.4 is 0 Å². The van der Waals surface area contributed by atoms with Crippen molar-refractivity contribution < 1.29 is 29.2 Å². The minimum absolute atomic E-state index is 0.179. The van der Waals surface area contributed by atoms with Gasteiger partial charge in [-0.1, -0.05) is 0 Å². The molecule has 0 aliphatic carbocycles. The van der Waals surface area contributed by atoms with Gasteiger partial charge in [0.1, 0.15) is 12.2 Å². The fourth-order valence-corrected chi connectivity index (χ4v) is 1.35. The molecule has 0 saturated carbocycles. The number of esters is 1. The largest absolute Gasteiger partial charge is 0.455 e. The average Bonchev–Trinajstić information content (AvgIpc) is 2.42. The van der Waals surface area contributed by atoms with Gasteiger partial charge in [0.2, 0.25) is 0 Å². The number of methoxy groups -OCH3 is 2. The van der Waals surface area contributed by atoms with Gasteiger partial charge in [-0.25, -0.2) is 4.79 Å². The highest BCUT2D eigenvalue weighted by Gasteiger charge is 2.46. The van der Waals surface area contributed by atoms with Crippen molar-refractivity contribution in [3.05, 3.63) is 0 Å². The SMILES string of the molecule is COCC(OC)[C@H]1OC(=O)C(O)C1O. The number of aliphatic hydroxyl groups is 2. The lowest BCUT2D eigenvalue weighted by atomic mass is 10.1. The monoisotopic (exact) mass is 206 g/mol. The van der Waals surface area contributed by atoms with Crippen molar-refractivity contribution in [2.45, 2.75) is 24.4 Å². The number of hydrogen-bond acceptors (Lipinski definition) is 6. The third kappa shape index (κ3) is 2.03. The fourth-order valence-electron chi connectivity index (χ4n) is 1.35. The molecular formula is C8H14O6. The molecule has 0 amide bonds. The van der Waals surface area contributed by atoms with Gasteiger partial charge in [-0.05, 0) is 0 Å². The summed E-state index contributed by atoms with van der Waals surface area (Å²) < 4.78 is 14.5. The molecule has 0 spiro atoms. The van der Waals surface area contributed by atoms with E-state index in [4.69, 9.17) is 19.3 Å². The summed E-state index contributed by atoms with van der Waals surface area (Å²) in [6.45, 7) is 0.179. The van der Waals surface area contributed by atoms with Crippen LogP contribution in [0, 0.1) is 0 Å². The maximum atomic E-state index is 10.9.